The standard InChI is InChI=1S/C17H26ClNO2/c1-14-5-6-17(16(18)12-14)21-11-10-20-9-8-19-7-3-4-15(2)13-19/h5-6,12,15H,3-4,7-11,13H2,1-2H3/t15-/m1/s1. The van der Waals surface area contributed by atoms with Crippen LogP contribution in [-0.4, -0.2) is 44.4 Å². The lowest BCUT2D eigenvalue weighted by Crippen LogP contribution is -2.36. The lowest BCUT2D eigenvalue weighted by molar-refractivity contribution is 0.0689. The molecule has 1 aliphatic rings. The zero-order chi connectivity index (χ0) is 15.1. The van der Waals surface area contributed by atoms with Crippen molar-refractivity contribution in [3.63, 3.8) is 0 Å². The molecular formula is C17H26ClNO2. The summed E-state index contributed by atoms with van der Waals surface area (Å²) in [7, 11) is 0. The predicted octanol–water partition coefficient (Wildman–Crippen LogP) is 3.78. The molecule has 1 aliphatic heterocycles. The smallest absolute Gasteiger partial charge is 0.138 e. The Morgan fingerprint density at radius 3 is 2.90 bits per heavy atom. The topological polar surface area (TPSA) is 21.7 Å². The number of rotatable bonds is 7. The minimum Gasteiger partial charge on any atom is -0.490 e. The van der Waals surface area contributed by atoms with Crippen molar-refractivity contribution < 1.29 is 9.47 Å². The van der Waals surface area contributed by atoms with E-state index in [1.165, 1.54) is 25.9 Å². The first-order valence-corrected chi connectivity index (χ1v) is 8.22. The van der Waals surface area contributed by atoms with E-state index in [1.807, 2.05) is 25.1 Å². The van der Waals surface area contributed by atoms with Crippen molar-refractivity contribution in [3.8, 4) is 5.75 Å². The number of aryl methyl sites for hydroxylation is 1. The Balaban J connectivity index is 1.55. The Hall–Kier alpha value is -0.770. The highest BCUT2D eigenvalue weighted by Gasteiger charge is 2.15. The second-order valence-electron chi connectivity index (χ2n) is 5.94. The highest BCUT2D eigenvalue weighted by molar-refractivity contribution is 6.32. The highest BCUT2D eigenvalue weighted by Crippen LogP contribution is 2.24. The van der Waals surface area contributed by atoms with Gasteiger partial charge in [-0.2, -0.15) is 0 Å². The van der Waals surface area contributed by atoms with Gasteiger partial charge in [0.1, 0.15) is 12.4 Å². The molecule has 1 saturated heterocycles. The van der Waals surface area contributed by atoms with E-state index in [-0.39, 0.29) is 0 Å². The van der Waals surface area contributed by atoms with E-state index in [9.17, 15) is 0 Å². The number of hydrogen-bond donors (Lipinski definition) is 0. The average molecular weight is 312 g/mol. The number of piperidine rings is 1. The summed E-state index contributed by atoms with van der Waals surface area (Å²) in [6, 6.07) is 5.82. The molecule has 0 aliphatic carbocycles. The van der Waals surface area contributed by atoms with Crippen molar-refractivity contribution in [1.82, 2.24) is 4.90 Å². The molecule has 0 radical (unpaired) electrons. The summed E-state index contributed by atoms with van der Waals surface area (Å²) in [6.45, 7) is 9.70. The number of benzene rings is 1. The first-order chi connectivity index (χ1) is 10.1. The van der Waals surface area contributed by atoms with E-state index in [4.69, 9.17) is 21.1 Å². The van der Waals surface area contributed by atoms with Gasteiger partial charge in [-0.05, 0) is 49.9 Å². The van der Waals surface area contributed by atoms with E-state index in [0.29, 0.717) is 18.2 Å². The monoisotopic (exact) mass is 311 g/mol. The number of halogens is 1. The van der Waals surface area contributed by atoms with Crippen LogP contribution in [0.5, 0.6) is 5.75 Å². The first kappa shape index (κ1) is 16.6. The van der Waals surface area contributed by atoms with Gasteiger partial charge in [0.2, 0.25) is 0 Å². The van der Waals surface area contributed by atoms with Crippen LogP contribution in [0.25, 0.3) is 0 Å². The molecule has 2 rings (SSSR count). The van der Waals surface area contributed by atoms with Crippen LogP contribution in [0, 0.1) is 12.8 Å². The second kappa shape index (κ2) is 8.62. The third-order valence-corrected chi connectivity index (χ3v) is 4.16. The molecule has 0 spiro atoms. The zero-order valence-corrected chi connectivity index (χ0v) is 13.9. The molecule has 4 heteroatoms. The van der Waals surface area contributed by atoms with Gasteiger partial charge in [-0.15, -0.1) is 0 Å². The van der Waals surface area contributed by atoms with Crippen LogP contribution in [0.15, 0.2) is 18.2 Å². The summed E-state index contributed by atoms with van der Waals surface area (Å²) in [6.07, 6.45) is 2.68. The van der Waals surface area contributed by atoms with E-state index in [0.717, 1.165) is 30.4 Å². The maximum atomic E-state index is 6.11. The van der Waals surface area contributed by atoms with E-state index in [2.05, 4.69) is 11.8 Å². The maximum absolute atomic E-state index is 6.11. The van der Waals surface area contributed by atoms with Crippen molar-refractivity contribution in [2.75, 3.05) is 39.5 Å². The summed E-state index contributed by atoms with van der Waals surface area (Å²) in [5.74, 6) is 1.56. The van der Waals surface area contributed by atoms with Crippen LogP contribution < -0.4 is 4.74 Å². The normalized spacial score (nSPS) is 19.7. The molecule has 0 N–H and O–H groups in total. The summed E-state index contributed by atoms with van der Waals surface area (Å²) in [5, 5.41) is 0.664. The molecule has 1 aromatic carbocycles. The lowest BCUT2D eigenvalue weighted by atomic mass is 10.0. The van der Waals surface area contributed by atoms with Gasteiger partial charge in [0, 0.05) is 13.1 Å². The van der Waals surface area contributed by atoms with E-state index in [1.54, 1.807) is 0 Å². The summed E-state index contributed by atoms with van der Waals surface area (Å²) < 4.78 is 11.3. The fourth-order valence-corrected chi connectivity index (χ4v) is 3.01. The van der Waals surface area contributed by atoms with Crippen molar-refractivity contribution >= 4 is 11.6 Å². The quantitative estimate of drug-likeness (QED) is 0.715. The Morgan fingerprint density at radius 2 is 2.14 bits per heavy atom. The van der Waals surface area contributed by atoms with Gasteiger partial charge in [-0.25, -0.2) is 0 Å². The fraction of sp³-hybridized carbons (Fsp3) is 0.647. The molecule has 118 valence electrons. The molecule has 1 atom stereocenters. The second-order valence-corrected chi connectivity index (χ2v) is 6.35. The maximum Gasteiger partial charge on any atom is 0.138 e. The zero-order valence-electron chi connectivity index (χ0n) is 13.1. The summed E-state index contributed by atoms with van der Waals surface area (Å²) in [5.41, 5.74) is 1.14. The van der Waals surface area contributed by atoms with E-state index < -0.39 is 0 Å². The lowest BCUT2D eigenvalue weighted by Gasteiger charge is -2.30. The van der Waals surface area contributed by atoms with Gasteiger partial charge in [-0.3, -0.25) is 0 Å². The Bertz CT molecular complexity index is 439. The van der Waals surface area contributed by atoms with Crippen LogP contribution in [0.4, 0.5) is 0 Å². The summed E-state index contributed by atoms with van der Waals surface area (Å²) >= 11 is 6.11. The Labute approximate surface area is 133 Å². The van der Waals surface area contributed by atoms with Crippen molar-refractivity contribution in [2.24, 2.45) is 5.92 Å². The average Bonchev–Trinajstić information content (AvgIpc) is 2.44. The summed E-state index contributed by atoms with van der Waals surface area (Å²) in [4.78, 5) is 2.49. The molecule has 0 unspecified atom stereocenters. The van der Waals surface area contributed by atoms with Gasteiger partial charge in [0.25, 0.3) is 0 Å². The number of hydrogen-bond acceptors (Lipinski definition) is 3. The largest absolute Gasteiger partial charge is 0.490 e. The molecule has 0 aromatic heterocycles. The highest BCUT2D eigenvalue weighted by atomic mass is 35.5. The van der Waals surface area contributed by atoms with E-state index >= 15 is 0 Å². The Kier molecular flexibility index (Phi) is 6.81. The van der Waals surface area contributed by atoms with Crippen molar-refractivity contribution in [3.05, 3.63) is 28.8 Å². The molecule has 3 nitrogen and oxygen atoms in total. The van der Waals surface area contributed by atoms with Gasteiger partial charge in [-0.1, -0.05) is 24.6 Å². The van der Waals surface area contributed by atoms with Crippen LogP contribution in [0.2, 0.25) is 5.02 Å². The molecular weight excluding hydrogens is 286 g/mol. The van der Waals surface area contributed by atoms with Crippen LogP contribution in [-0.2, 0) is 4.74 Å². The van der Waals surface area contributed by atoms with Crippen LogP contribution >= 0.6 is 11.6 Å². The molecule has 0 amide bonds. The van der Waals surface area contributed by atoms with Gasteiger partial charge < -0.3 is 14.4 Å². The number of ether oxygens (including phenoxy) is 2. The third-order valence-electron chi connectivity index (χ3n) is 3.87. The van der Waals surface area contributed by atoms with Crippen LogP contribution in [0.1, 0.15) is 25.3 Å². The number of nitrogens with zero attached hydrogens (tertiary/aromatic N) is 1. The number of likely N-dealkylation sites (tertiary alicyclic amines) is 1. The predicted molar refractivity (Wildman–Crippen MR) is 87.3 cm³/mol. The molecule has 1 aromatic rings. The van der Waals surface area contributed by atoms with Gasteiger partial charge >= 0.3 is 0 Å². The van der Waals surface area contributed by atoms with Gasteiger partial charge in [0.15, 0.2) is 0 Å². The van der Waals surface area contributed by atoms with Gasteiger partial charge in [0.05, 0.1) is 18.2 Å². The molecule has 0 bridgehead atoms. The minimum atomic E-state index is 0.541. The van der Waals surface area contributed by atoms with Crippen LogP contribution in [0.3, 0.4) is 0 Å². The third kappa shape index (κ3) is 5.85. The van der Waals surface area contributed by atoms with Crippen molar-refractivity contribution in [2.45, 2.75) is 26.7 Å². The first-order valence-electron chi connectivity index (χ1n) is 7.84. The molecule has 1 fully saturated rings. The molecule has 1 heterocycles. The van der Waals surface area contributed by atoms with Crippen molar-refractivity contribution in [1.29, 1.82) is 0 Å². The Morgan fingerprint density at radius 1 is 1.29 bits per heavy atom. The molecule has 21 heavy (non-hydrogen) atoms. The minimum absolute atomic E-state index is 0.541. The SMILES string of the molecule is Cc1ccc(OCCOCCN2CCC[C@@H](C)C2)c(Cl)c1. The fourth-order valence-electron chi connectivity index (χ4n) is 2.72. The molecule has 0 saturated carbocycles.